The third-order valence-corrected chi connectivity index (χ3v) is 8.41. The number of nitrogens with zero attached hydrogens (tertiary/aromatic N) is 1. The fraction of sp³-hybridized carbons (Fsp3) is 0.182. The second kappa shape index (κ2) is 8.44. The van der Waals surface area contributed by atoms with Crippen molar-refractivity contribution in [3.05, 3.63) is 79.5 Å². The van der Waals surface area contributed by atoms with Gasteiger partial charge in [-0.05, 0) is 42.0 Å². The van der Waals surface area contributed by atoms with E-state index in [4.69, 9.17) is 11.6 Å². The Hall–Kier alpha value is -2.95. The summed E-state index contributed by atoms with van der Waals surface area (Å²) in [5.41, 5.74) is 1.15. The lowest BCUT2D eigenvalue weighted by Crippen LogP contribution is -2.32. The van der Waals surface area contributed by atoms with Crippen LogP contribution in [0.25, 0.3) is 0 Å². The summed E-state index contributed by atoms with van der Waals surface area (Å²) >= 11 is 8.10. The Morgan fingerprint density at radius 2 is 1.76 bits per heavy atom. The second-order valence-electron chi connectivity index (χ2n) is 7.63. The third-order valence-electron chi connectivity index (χ3n) is 5.55. The minimum atomic E-state index is -0.717. The summed E-state index contributed by atoms with van der Waals surface area (Å²) in [6.07, 6.45) is 0. The Kier molecular flexibility index (Phi) is 5.59. The first-order valence-corrected chi connectivity index (χ1v) is 11.9. The van der Waals surface area contributed by atoms with Crippen LogP contribution in [0.1, 0.15) is 16.4 Å². The number of amides is 3. The number of nitrogens with one attached hydrogen (secondary N) is 2. The molecule has 3 amide bonds. The minimum Gasteiger partial charge on any atom is -0.325 e. The molecule has 3 atom stereocenters. The van der Waals surface area contributed by atoms with Crippen LogP contribution in [-0.2, 0) is 20.9 Å². The zero-order chi connectivity index (χ0) is 23.3. The van der Waals surface area contributed by atoms with E-state index in [-0.39, 0.29) is 17.3 Å². The van der Waals surface area contributed by atoms with Crippen LogP contribution >= 0.6 is 34.7 Å². The highest BCUT2D eigenvalue weighted by Crippen LogP contribution is 2.51. The van der Waals surface area contributed by atoms with Crippen molar-refractivity contribution in [2.24, 2.45) is 5.92 Å². The molecule has 3 heterocycles. The number of benzene rings is 2. The van der Waals surface area contributed by atoms with Crippen LogP contribution in [0.4, 0.5) is 10.1 Å². The SMILES string of the molecule is O=C(Cn1c2c(sc1=O)[C@@H](c1ccc(Cl)cc1)C1C(=O)NC(=O)C1S2)Nc1ccc(F)cc1. The van der Waals surface area contributed by atoms with Crippen LogP contribution in [0.15, 0.2) is 58.4 Å². The van der Waals surface area contributed by atoms with E-state index in [0.717, 1.165) is 28.7 Å². The lowest BCUT2D eigenvalue weighted by Gasteiger charge is -2.30. The van der Waals surface area contributed by atoms with E-state index in [9.17, 15) is 23.6 Å². The molecule has 0 radical (unpaired) electrons. The van der Waals surface area contributed by atoms with Crippen molar-refractivity contribution in [3.63, 3.8) is 0 Å². The largest absolute Gasteiger partial charge is 0.325 e. The van der Waals surface area contributed by atoms with Gasteiger partial charge in [-0.3, -0.25) is 29.1 Å². The molecule has 0 aliphatic carbocycles. The molecule has 3 aromatic rings. The van der Waals surface area contributed by atoms with Gasteiger partial charge in [0.1, 0.15) is 17.6 Å². The summed E-state index contributed by atoms with van der Waals surface area (Å²) in [5.74, 6) is -2.89. The zero-order valence-corrected chi connectivity index (χ0v) is 19.1. The maximum Gasteiger partial charge on any atom is 0.308 e. The number of imide groups is 1. The number of thiazole rings is 1. The Labute approximate surface area is 199 Å². The molecule has 0 saturated carbocycles. The molecule has 0 spiro atoms. The van der Waals surface area contributed by atoms with Gasteiger partial charge in [0.25, 0.3) is 0 Å². The highest BCUT2D eigenvalue weighted by Gasteiger charge is 2.52. The number of anilines is 1. The summed E-state index contributed by atoms with van der Waals surface area (Å²) in [6.45, 7) is -0.282. The first-order valence-electron chi connectivity index (χ1n) is 9.87. The van der Waals surface area contributed by atoms with Crippen molar-refractivity contribution in [1.82, 2.24) is 9.88 Å². The van der Waals surface area contributed by atoms with Crippen molar-refractivity contribution in [2.45, 2.75) is 22.7 Å². The van der Waals surface area contributed by atoms with Crippen LogP contribution in [0, 0.1) is 11.7 Å². The van der Waals surface area contributed by atoms with Gasteiger partial charge in [-0.1, -0.05) is 46.8 Å². The van der Waals surface area contributed by atoms with Crippen LogP contribution in [0.5, 0.6) is 0 Å². The number of carbonyl (C=O) groups excluding carboxylic acids is 3. The quantitative estimate of drug-likeness (QED) is 0.533. The molecular weight excluding hydrogens is 489 g/mol. The monoisotopic (exact) mass is 503 g/mol. The van der Waals surface area contributed by atoms with E-state index in [2.05, 4.69) is 10.6 Å². The van der Waals surface area contributed by atoms with E-state index >= 15 is 0 Å². The maximum atomic E-state index is 13.1. The van der Waals surface area contributed by atoms with Crippen molar-refractivity contribution in [2.75, 3.05) is 5.32 Å². The molecule has 1 saturated heterocycles. The van der Waals surface area contributed by atoms with Crippen molar-refractivity contribution in [1.29, 1.82) is 0 Å². The Morgan fingerprint density at radius 1 is 1.06 bits per heavy atom. The zero-order valence-electron chi connectivity index (χ0n) is 16.7. The fourth-order valence-corrected chi connectivity index (χ4v) is 6.95. The molecule has 1 fully saturated rings. The molecule has 2 aromatic carbocycles. The highest BCUT2D eigenvalue weighted by atomic mass is 35.5. The molecule has 168 valence electrons. The lowest BCUT2D eigenvalue weighted by molar-refractivity contribution is -0.126. The van der Waals surface area contributed by atoms with E-state index in [0.29, 0.717) is 20.6 Å². The molecular formula is C22H15ClFN3O4S2. The van der Waals surface area contributed by atoms with Gasteiger partial charge in [0.05, 0.1) is 10.9 Å². The number of carbonyl (C=O) groups is 3. The average molecular weight is 504 g/mol. The van der Waals surface area contributed by atoms with Crippen molar-refractivity contribution < 1.29 is 18.8 Å². The average Bonchev–Trinajstić information content (AvgIpc) is 3.24. The number of aromatic nitrogens is 1. The Bertz CT molecular complexity index is 1340. The third kappa shape index (κ3) is 3.98. The lowest BCUT2D eigenvalue weighted by atomic mass is 9.83. The molecule has 2 aliphatic rings. The molecule has 7 nitrogen and oxygen atoms in total. The maximum absolute atomic E-state index is 13.1. The molecule has 0 bridgehead atoms. The predicted octanol–water partition coefficient (Wildman–Crippen LogP) is 3.22. The first kappa shape index (κ1) is 21.9. The molecule has 33 heavy (non-hydrogen) atoms. The van der Waals surface area contributed by atoms with Gasteiger partial charge in [0.15, 0.2) is 0 Å². The second-order valence-corrected chi connectivity index (χ2v) is 10.2. The Balaban J connectivity index is 1.52. The van der Waals surface area contributed by atoms with Crippen molar-refractivity contribution in [3.8, 4) is 0 Å². The minimum absolute atomic E-state index is 0.282. The molecule has 2 N–H and O–H groups in total. The van der Waals surface area contributed by atoms with Gasteiger partial charge in [0, 0.05) is 21.5 Å². The smallest absolute Gasteiger partial charge is 0.308 e. The van der Waals surface area contributed by atoms with Gasteiger partial charge in [-0.25, -0.2) is 4.39 Å². The number of halogens is 2. The summed E-state index contributed by atoms with van der Waals surface area (Å²) in [7, 11) is 0. The summed E-state index contributed by atoms with van der Waals surface area (Å²) in [4.78, 5) is 50.9. The van der Waals surface area contributed by atoms with Gasteiger partial charge in [-0.15, -0.1) is 0 Å². The summed E-state index contributed by atoms with van der Waals surface area (Å²) in [6, 6.07) is 12.2. The predicted molar refractivity (Wildman–Crippen MR) is 123 cm³/mol. The normalized spacial score (nSPS) is 21.3. The number of rotatable bonds is 4. The summed E-state index contributed by atoms with van der Waals surface area (Å²) < 4.78 is 14.4. The molecule has 2 unspecified atom stereocenters. The fourth-order valence-electron chi connectivity index (χ4n) is 4.08. The highest BCUT2D eigenvalue weighted by molar-refractivity contribution is 8.00. The summed E-state index contributed by atoms with van der Waals surface area (Å²) in [5, 5.41) is 5.32. The van der Waals surface area contributed by atoms with E-state index in [1.54, 1.807) is 24.3 Å². The van der Waals surface area contributed by atoms with E-state index in [1.807, 2.05) is 0 Å². The van der Waals surface area contributed by atoms with Crippen LogP contribution in [0.3, 0.4) is 0 Å². The topological polar surface area (TPSA) is 97.3 Å². The van der Waals surface area contributed by atoms with Crippen LogP contribution in [0.2, 0.25) is 5.02 Å². The molecule has 1 aromatic heterocycles. The van der Waals surface area contributed by atoms with Crippen LogP contribution in [-0.4, -0.2) is 27.5 Å². The van der Waals surface area contributed by atoms with Gasteiger partial charge in [-0.2, -0.15) is 0 Å². The molecule has 11 heteroatoms. The molecule has 5 rings (SSSR count). The number of fused-ring (bicyclic) bond motifs is 2. The molecule has 2 aliphatic heterocycles. The van der Waals surface area contributed by atoms with Gasteiger partial charge < -0.3 is 5.32 Å². The van der Waals surface area contributed by atoms with Crippen molar-refractivity contribution >= 4 is 58.1 Å². The van der Waals surface area contributed by atoms with Gasteiger partial charge in [0.2, 0.25) is 17.7 Å². The van der Waals surface area contributed by atoms with E-state index < -0.39 is 34.7 Å². The van der Waals surface area contributed by atoms with Crippen LogP contribution < -0.4 is 15.5 Å². The number of hydrogen-bond donors (Lipinski definition) is 2. The first-order chi connectivity index (χ1) is 15.8. The number of thioether (sulfide) groups is 1. The Morgan fingerprint density at radius 3 is 2.45 bits per heavy atom. The van der Waals surface area contributed by atoms with E-state index in [1.165, 1.54) is 28.8 Å². The number of hydrogen-bond acceptors (Lipinski definition) is 6. The standard InChI is InChI=1S/C22H15ClFN3O4S2/c23-11-3-1-10(2-4-11)15-16-17(20(30)26-19(16)29)32-21-18(15)33-22(31)27(21)9-14(28)25-13-7-5-12(24)6-8-13/h1-8,15-17H,9H2,(H,25,28)(H,26,29,30)/t15-,16?,17?/m0/s1. The van der Waals surface area contributed by atoms with Gasteiger partial charge >= 0.3 is 4.87 Å².